The molecule has 1 fully saturated rings. The van der Waals surface area contributed by atoms with E-state index in [9.17, 15) is 19.2 Å². The number of thiophene rings is 1. The summed E-state index contributed by atoms with van der Waals surface area (Å²) < 4.78 is 5.42. The number of carbonyl (C=O) groups excluding carboxylic acids is 4. The SMILES string of the molecule is NC(=O)[C@@H]1CCCCN1C(=O)COC(=O)CCC(=O)c1ccc(Cl)s1. The van der Waals surface area contributed by atoms with Crippen molar-refractivity contribution in [2.75, 3.05) is 13.2 Å². The normalized spacial score (nSPS) is 17.2. The predicted octanol–water partition coefficient (Wildman–Crippen LogP) is 1.77. The summed E-state index contributed by atoms with van der Waals surface area (Å²) in [6.07, 6.45) is 1.98. The summed E-state index contributed by atoms with van der Waals surface area (Å²) in [4.78, 5) is 49.0. The average Bonchev–Trinajstić information content (AvgIpc) is 3.04. The molecule has 0 aliphatic carbocycles. The lowest BCUT2D eigenvalue weighted by Crippen LogP contribution is -2.51. The number of nitrogens with two attached hydrogens (primary N) is 1. The number of hydrogen-bond donors (Lipinski definition) is 1. The highest BCUT2D eigenvalue weighted by Crippen LogP contribution is 2.23. The third-order valence-electron chi connectivity index (χ3n) is 3.91. The standard InChI is InChI=1S/C16H19ClN2O5S/c17-13-6-5-12(25-13)11(20)4-7-15(22)24-9-14(21)19-8-2-1-3-10(19)16(18)23/h5-6,10H,1-4,7-9H2,(H2,18,23)/t10-/m0/s1. The lowest BCUT2D eigenvalue weighted by molar-refractivity contribution is -0.154. The molecule has 136 valence electrons. The zero-order valence-electron chi connectivity index (χ0n) is 13.5. The lowest BCUT2D eigenvalue weighted by atomic mass is 10.0. The Morgan fingerprint density at radius 1 is 1.24 bits per heavy atom. The Hall–Kier alpha value is -1.93. The molecule has 1 aliphatic heterocycles. The van der Waals surface area contributed by atoms with Crippen molar-refractivity contribution in [3.63, 3.8) is 0 Å². The van der Waals surface area contributed by atoms with E-state index >= 15 is 0 Å². The molecule has 2 rings (SSSR count). The van der Waals surface area contributed by atoms with E-state index in [0.29, 0.717) is 22.2 Å². The number of Topliss-reactive ketones (excluding diaryl/α,β-unsaturated/α-hetero) is 1. The minimum Gasteiger partial charge on any atom is -0.456 e. The molecule has 9 heteroatoms. The predicted molar refractivity (Wildman–Crippen MR) is 92.4 cm³/mol. The van der Waals surface area contributed by atoms with Crippen molar-refractivity contribution < 1.29 is 23.9 Å². The molecule has 0 radical (unpaired) electrons. The number of likely N-dealkylation sites (tertiary alicyclic amines) is 1. The number of carbonyl (C=O) groups is 4. The molecule has 7 nitrogen and oxygen atoms in total. The average molecular weight is 387 g/mol. The number of piperidine rings is 1. The largest absolute Gasteiger partial charge is 0.456 e. The van der Waals surface area contributed by atoms with Gasteiger partial charge >= 0.3 is 5.97 Å². The van der Waals surface area contributed by atoms with E-state index in [-0.39, 0.29) is 18.6 Å². The third-order valence-corrected chi connectivity index (χ3v) is 5.18. The Bertz CT molecular complexity index is 675. The fourth-order valence-electron chi connectivity index (χ4n) is 2.63. The van der Waals surface area contributed by atoms with Gasteiger partial charge in [-0.25, -0.2) is 0 Å². The van der Waals surface area contributed by atoms with Gasteiger partial charge in [-0.05, 0) is 31.4 Å². The van der Waals surface area contributed by atoms with Crippen LogP contribution in [0.1, 0.15) is 41.8 Å². The maximum absolute atomic E-state index is 12.1. The molecule has 0 aromatic carbocycles. The van der Waals surface area contributed by atoms with Crippen molar-refractivity contribution in [2.24, 2.45) is 5.73 Å². The quantitative estimate of drug-likeness (QED) is 0.567. The Labute approximate surface area is 154 Å². The van der Waals surface area contributed by atoms with E-state index in [0.717, 1.165) is 24.2 Å². The maximum Gasteiger partial charge on any atom is 0.306 e. The van der Waals surface area contributed by atoms with Gasteiger partial charge in [0.2, 0.25) is 5.91 Å². The molecule has 0 unspecified atom stereocenters. The first kappa shape index (κ1) is 19.4. The van der Waals surface area contributed by atoms with Crippen molar-refractivity contribution in [2.45, 2.75) is 38.1 Å². The molecule has 25 heavy (non-hydrogen) atoms. The smallest absolute Gasteiger partial charge is 0.306 e. The fraction of sp³-hybridized carbons (Fsp3) is 0.500. The first-order valence-electron chi connectivity index (χ1n) is 7.91. The summed E-state index contributed by atoms with van der Waals surface area (Å²) in [6.45, 7) is -0.0384. The topological polar surface area (TPSA) is 107 Å². The number of primary amides is 1. The summed E-state index contributed by atoms with van der Waals surface area (Å²) in [5.41, 5.74) is 5.30. The monoisotopic (exact) mass is 386 g/mol. The first-order chi connectivity index (χ1) is 11.9. The molecule has 0 saturated carbocycles. The number of halogens is 1. The van der Waals surface area contributed by atoms with E-state index in [1.165, 1.54) is 4.90 Å². The molecule has 1 atom stereocenters. The van der Waals surface area contributed by atoms with Gasteiger partial charge in [0.1, 0.15) is 6.04 Å². The molecule has 2 N–H and O–H groups in total. The van der Waals surface area contributed by atoms with Crippen molar-refractivity contribution in [1.29, 1.82) is 0 Å². The van der Waals surface area contributed by atoms with E-state index < -0.39 is 30.4 Å². The summed E-state index contributed by atoms with van der Waals surface area (Å²) in [7, 11) is 0. The Morgan fingerprint density at radius 3 is 2.64 bits per heavy atom. The highest BCUT2D eigenvalue weighted by atomic mass is 35.5. The maximum atomic E-state index is 12.1. The second-order valence-electron chi connectivity index (χ2n) is 5.69. The number of ketones is 1. The van der Waals surface area contributed by atoms with Gasteiger partial charge in [0.15, 0.2) is 12.4 Å². The van der Waals surface area contributed by atoms with Crippen LogP contribution >= 0.6 is 22.9 Å². The molecule has 1 saturated heterocycles. The Morgan fingerprint density at radius 2 is 2.00 bits per heavy atom. The molecule has 2 amide bonds. The number of nitrogens with zero attached hydrogens (tertiary/aromatic N) is 1. The molecular weight excluding hydrogens is 368 g/mol. The molecule has 0 spiro atoms. The van der Waals surface area contributed by atoms with Gasteiger partial charge in [0.05, 0.1) is 15.6 Å². The second kappa shape index (κ2) is 8.96. The number of ether oxygens (including phenoxy) is 1. The Kier molecular flexibility index (Phi) is 6.95. The highest BCUT2D eigenvalue weighted by Gasteiger charge is 2.30. The second-order valence-corrected chi connectivity index (χ2v) is 7.40. The minimum absolute atomic E-state index is 0.0164. The van der Waals surface area contributed by atoms with Crippen LogP contribution in [0.25, 0.3) is 0 Å². The Balaban J connectivity index is 1.76. The van der Waals surface area contributed by atoms with Crippen LogP contribution in [0.15, 0.2) is 12.1 Å². The van der Waals surface area contributed by atoms with Gasteiger partial charge in [-0.1, -0.05) is 11.6 Å². The summed E-state index contributed by atoms with van der Waals surface area (Å²) in [5.74, 6) is -1.85. The van der Waals surface area contributed by atoms with Gasteiger partial charge in [0.25, 0.3) is 5.91 Å². The van der Waals surface area contributed by atoms with E-state index in [1.54, 1.807) is 12.1 Å². The summed E-state index contributed by atoms with van der Waals surface area (Å²) in [6, 6.07) is 2.57. The van der Waals surface area contributed by atoms with E-state index in [2.05, 4.69) is 0 Å². The van der Waals surface area contributed by atoms with Crippen LogP contribution in [0.3, 0.4) is 0 Å². The highest BCUT2D eigenvalue weighted by molar-refractivity contribution is 7.18. The zero-order valence-corrected chi connectivity index (χ0v) is 15.1. The lowest BCUT2D eigenvalue weighted by Gasteiger charge is -2.33. The van der Waals surface area contributed by atoms with Crippen LogP contribution in [-0.2, 0) is 19.1 Å². The number of hydrogen-bond acceptors (Lipinski definition) is 6. The van der Waals surface area contributed by atoms with Gasteiger partial charge in [0, 0.05) is 13.0 Å². The summed E-state index contributed by atoms with van der Waals surface area (Å²) in [5, 5.41) is 0. The van der Waals surface area contributed by atoms with Crippen LogP contribution in [-0.4, -0.2) is 47.7 Å². The van der Waals surface area contributed by atoms with Gasteiger partial charge < -0.3 is 15.4 Å². The van der Waals surface area contributed by atoms with Crippen LogP contribution in [0.4, 0.5) is 0 Å². The van der Waals surface area contributed by atoms with Gasteiger partial charge in [-0.3, -0.25) is 19.2 Å². The molecule has 1 aromatic heterocycles. The number of esters is 1. The number of amides is 2. The van der Waals surface area contributed by atoms with Crippen LogP contribution in [0, 0.1) is 0 Å². The molecular formula is C16H19ClN2O5S. The first-order valence-corrected chi connectivity index (χ1v) is 9.11. The zero-order chi connectivity index (χ0) is 18.4. The summed E-state index contributed by atoms with van der Waals surface area (Å²) >= 11 is 6.91. The fourth-order valence-corrected chi connectivity index (χ4v) is 3.64. The minimum atomic E-state index is -0.648. The van der Waals surface area contributed by atoms with Crippen molar-refractivity contribution >= 4 is 46.5 Å². The van der Waals surface area contributed by atoms with E-state index in [4.69, 9.17) is 22.1 Å². The van der Waals surface area contributed by atoms with Crippen molar-refractivity contribution in [3.05, 3.63) is 21.3 Å². The van der Waals surface area contributed by atoms with Crippen molar-refractivity contribution in [3.8, 4) is 0 Å². The van der Waals surface area contributed by atoms with Crippen LogP contribution in [0.2, 0.25) is 4.34 Å². The molecule has 0 bridgehead atoms. The third kappa shape index (κ3) is 5.54. The van der Waals surface area contributed by atoms with Crippen LogP contribution in [0.5, 0.6) is 0 Å². The molecule has 1 aliphatic rings. The van der Waals surface area contributed by atoms with Crippen molar-refractivity contribution in [1.82, 2.24) is 4.90 Å². The van der Waals surface area contributed by atoms with Crippen LogP contribution < -0.4 is 5.73 Å². The molecule has 2 heterocycles. The van der Waals surface area contributed by atoms with E-state index in [1.807, 2.05) is 0 Å². The van der Waals surface area contributed by atoms with Gasteiger partial charge in [-0.15, -0.1) is 11.3 Å². The van der Waals surface area contributed by atoms with Gasteiger partial charge in [-0.2, -0.15) is 0 Å². The number of rotatable bonds is 7. The molecule has 1 aromatic rings.